The highest BCUT2D eigenvalue weighted by molar-refractivity contribution is 6.30. The van der Waals surface area contributed by atoms with Gasteiger partial charge < -0.3 is 9.84 Å². The number of carbonyl (C=O) groups is 2. The van der Waals surface area contributed by atoms with Crippen molar-refractivity contribution in [3.05, 3.63) is 34.9 Å². The number of esters is 1. The van der Waals surface area contributed by atoms with Crippen LogP contribution in [0.5, 0.6) is 0 Å². The molecule has 0 aliphatic heterocycles. The summed E-state index contributed by atoms with van der Waals surface area (Å²) in [6.45, 7) is -0.242. The molecule has 1 aromatic carbocycles. The van der Waals surface area contributed by atoms with Crippen LogP contribution in [-0.2, 0) is 9.53 Å². The molecule has 1 aromatic rings. The van der Waals surface area contributed by atoms with E-state index in [1.165, 1.54) is 6.42 Å². The van der Waals surface area contributed by atoms with E-state index < -0.39 is 5.60 Å². The largest absolute Gasteiger partial charge is 0.457 e. The number of rotatable bonds is 5. The fourth-order valence-electron chi connectivity index (χ4n) is 5.83. The van der Waals surface area contributed by atoms with E-state index in [-0.39, 0.29) is 23.8 Å². The summed E-state index contributed by atoms with van der Waals surface area (Å²) in [6.07, 6.45) is 5.99. The molecular formula is C20H23ClO4. The Hall–Kier alpha value is -1.39. The van der Waals surface area contributed by atoms with Gasteiger partial charge in [-0.3, -0.25) is 9.59 Å². The van der Waals surface area contributed by atoms with Gasteiger partial charge in [0, 0.05) is 10.6 Å². The van der Waals surface area contributed by atoms with Gasteiger partial charge >= 0.3 is 5.97 Å². The van der Waals surface area contributed by atoms with Crippen LogP contribution < -0.4 is 0 Å². The molecule has 4 aliphatic carbocycles. The lowest BCUT2D eigenvalue weighted by molar-refractivity contribution is -0.176. The van der Waals surface area contributed by atoms with Crippen molar-refractivity contribution in [2.45, 2.75) is 50.5 Å². The maximum Gasteiger partial charge on any atom is 0.306 e. The molecule has 2 unspecified atom stereocenters. The first-order chi connectivity index (χ1) is 11.8. The first-order valence-corrected chi connectivity index (χ1v) is 9.39. The van der Waals surface area contributed by atoms with Crippen molar-refractivity contribution >= 4 is 23.4 Å². The van der Waals surface area contributed by atoms with Gasteiger partial charge in [0.1, 0.15) is 0 Å². The van der Waals surface area contributed by atoms with Crippen LogP contribution in [0.4, 0.5) is 0 Å². The lowest BCUT2D eigenvalue weighted by Crippen LogP contribution is -2.56. The Kier molecular flexibility index (Phi) is 4.16. The predicted octanol–water partition coefficient (Wildman–Crippen LogP) is 3.79. The van der Waals surface area contributed by atoms with Crippen LogP contribution in [0.1, 0.15) is 55.3 Å². The van der Waals surface area contributed by atoms with Crippen molar-refractivity contribution in [2.24, 2.45) is 17.3 Å². The van der Waals surface area contributed by atoms with Crippen LogP contribution in [0.3, 0.4) is 0 Å². The molecular weight excluding hydrogens is 340 g/mol. The van der Waals surface area contributed by atoms with Gasteiger partial charge in [-0.15, -0.1) is 0 Å². The summed E-state index contributed by atoms with van der Waals surface area (Å²) in [5.41, 5.74) is -0.218. The van der Waals surface area contributed by atoms with E-state index in [0.717, 1.165) is 25.7 Å². The quantitative estimate of drug-likeness (QED) is 0.639. The van der Waals surface area contributed by atoms with Gasteiger partial charge in [-0.2, -0.15) is 0 Å². The number of aliphatic hydroxyl groups is 1. The topological polar surface area (TPSA) is 63.6 Å². The standard InChI is InChI=1S/C20H23ClO4/c21-16-3-1-15(2-4-16)17(22)11-25-18(23)10-19-6-13-5-14(7-19)9-20(24,8-13)12-19/h1-4,13-14,24H,5-12H2/t13-,14+,19?,20?. The Balaban J connectivity index is 1.35. The summed E-state index contributed by atoms with van der Waals surface area (Å²) in [5, 5.41) is 11.3. The van der Waals surface area contributed by atoms with Gasteiger partial charge in [0.15, 0.2) is 12.4 Å². The third-order valence-corrected chi connectivity index (χ3v) is 6.45. The van der Waals surface area contributed by atoms with Crippen LogP contribution in [-0.4, -0.2) is 29.1 Å². The average Bonchev–Trinajstić information content (AvgIpc) is 2.50. The van der Waals surface area contributed by atoms with E-state index in [1.54, 1.807) is 24.3 Å². The summed E-state index contributed by atoms with van der Waals surface area (Å²) in [7, 11) is 0. The molecule has 25 heavy (non-hydrogen) atoms. The van der Waals surface area contributed by atoms with Crippen molar-refractivity contribution < 1.29 is 19.4 Å². The third-order valence-electron chi connectivity index (χ3n) is 6.20. The molecule has 4 aliphatic rings. The van der Waals surface area contributed by atoms with Crippen LogP contribution in [0.15, 0.2) is 24.3 Å². The van der Waals surface area contributed by atoms with E-state index in [2.05, 4.69) is 0 Å². The molecule has 4 saturated carbocycles. The highest BCUT2D eigenvalue weighted by Gasteiger charge is 2.57. The van der Waals surface area contributed by atoms with Crippen LogP contribution in [0, 0.1) is 17.3 Å². The monoisotopic (exact) mass is 362 g/mol. The number of benzene rings is 1. The Morgan fingerprint density at radius 3 is 2.36 bits per heavy atom. The number of Topliss-reactive ketones (excluding diaryl/α,β-unsaturated/α-hetero) is 1. The number of hydrogen-bond acceptors (Lipinski definition) is 4. The molecule has 5 heteroatoms. The molecule has 0 radical (unpaired) electrons. The molecule has 0 heterocycles. The molecule has 0 spiro atoms. The second-order valence-corrected chi connectivity index (χ2v) is 8.89. The zero-order chi connectivity index (χ0) is 17.7. The summed E-state index contributed by atoms with van der Waals surface area (Å²) in [6, 6.07) is 6.56. The highest BCUT2D eigenvalue weighted by atomic mass is 35.5. The molecule has 0 amide bonds. The van der Waals surface area contributed by atoms with E-state index in [1.807, 2.05) is 0 Å². The molecule has 4 nitrogen and oxygen atoms in total. The van der Waals surface area contributed by atoms with Crippen LogP contribution in [0.25, 0.3) is 0 Å². The van der Waals surface area contributed by atoms with Gasteiger partial charge in [0.25, 0.3) is 0 Å². The first-order valence-electron chi connectivity index (χ1n) is 9.02. The lowest BCUT2D eigenvalue weighted by Gasteiger charge is -2.60. The summed E-state index contributed by atoms with van der Waals surface area (Å²) in [5.74, 6) is 0.520. The van der Waals surface area contributed by atoms with Crippen molar-refractivity contribution in [1.82, 2.24) is 0 Å². The second kappa shape index (κ2) is 6.10. The Morgan fingerprint density at radius 1 is 1.12 bits per heavy atom. The second-order valence-electron chi connectivity index (χ2n) is 8.45. The fraction of sp³-hybridized carbons (Fsp3) is 0.600. The highest BCUT2D eigenvalue weighted by Crippen LogP contribution is 2.62. The number of ether oxygens (including phenoxy) is 1. The molecule has 4 atom stereocenters. The first kappa shape index (κ1) is 17.0. The number of halogens is 1. The van der Waals surface area contributed by atoms with Crippen molar-refractivity contribution in [3.8, 4) is 0 Å². The van der Waals surface area contributed by atoms with Gasteiger partial charge in [0.05, 0.1) is 12.0 Å². The summed E-state index contributed by atoms with van der Waals surface area (Å²) >= 11 is 5.81. The van der Waals surface area contributed by atoms with Crippen molar-refractivity contribution in [1.29, 1.82) is 0 Å². The Bertz CT molecular complexity index is 682. The molecule has 0 saturated heterocycles. The maximum absolute atomic E-state index is 12.3. The Morgan fingerprint density at radius 2 is 1.76 bits per heavy atom. The molecule has 134 valence electrons. The molecule has 5 rings (SSSR count). The Labute approximate surface area is 152 Å². The number of ketones is 1. The fourth-order valence-corrected chi connectivity index (χ4v) is 5.96. The van der Waals surface area contributed by atoms with E-state index in [4.69, 9.17) is 16.3 Å². The van der Waals surface area contributed by atoms with Crippen LogP contribution in [0.2, 0.25) is 5.02 Å². The SMILES string of the molecule is O=C(CC12C[C@@H]3C[C@@H](CC(O)(C3)C1)C2)OCC(=O)c1ccc(Cl)cc1. The molecule has 4 bridgehead atoms. The average molecular weight is 363 g/mol. The number of hydrogen-bond donors (Lipinski definition) is 1. The molecule has 1 N–H and O–H groups in total. The van der Waals surface area contributed by atoms with Crippen molar-refractivity contribution in [3.63, 3.8) is 0 Å². The van der Waals surface area contributed by atoms with E-state index in [9.17, 15) is 14.7 Å². The molecule has 4 fully saturated rings. The summed E-state index contributed by atoms with van der Waals surface area (Å²) in [4.78, 5) is 24.5. The van der Waals surface area contributed by atoms with Gasteiger partial charge in [-0.1, -0.05) is 11.6 Å². The minimum atomic E-state index is -0.580. The smallest absolute Gasteiger partial charge is 0.306 e. The van der Waals surface area contributed by atoms with Gasteiger partial charge in [-0.25, -0.2) is 0 Å². The maximum atomic E-state index is 12.3. The minimum Gasteiger partial charge on any atom is -0.457 e. The zero-order valence-corrected chi connectivity index (χ0v) is 14.9. The van der Waals surface area contributed by atoms with Crippen LogP contribution >= 0.6 is 11.6 Å². The minimum absolute atomic E-state index is 0.126. The van der Waals surface area contributed by atoms with Gasteiger partial charge in [0.2, 0.25) is 0 Å². The normalized spacial score (nSPS) is 35.6. The third kappa shape index (κ3) is 3.47. The van der Waals surface area contributed by atoms with Crippen molar-refractivity contribution in [2.75, 3.05) is 6.61 Å². The lowest BCUT2D eigenvalue weighted by atomic mass is 9.47. The van der Waals surface area contributed by atoms with E-state index in [0.29, 0.717) is 35.3 Å². The predicted molar refractivity (Wildman–Crippen MR) is 93.4 cm³/mol. The van der Waals surface area contributed by atoms with E-state index >= 15 is 0 Å². The van der Waals surface area contributed by atoms with Gasteiger partial charge in [-0.05, 0) is 80.0 Å². The number of carbonyl (C=O) groups excluding carboxylic acids is 2. The zero-order valence-electron chi connectivity index (χ0n) is 14.2. The summed E-state index contributed by atoms with van der Waals surface area (Å²) < 4.78 is 5.26. The molecule has 0 aromatic heterocycles.